The van der Waals surface area contributed by atoms with E-state index in [1.165, 1.54) is 0 Å². The van der Waals surface area contributed by atoms with Crippen LogP contribution < -0.4 is 9.47 Å². The zero-order chi connectivity index (χ0) is 20.8. The molecule has 1 aliphatic heterocycles. The van der Waals surface area contributed by atoms with Gasteiger partial charge in [0.15, 0.2) is 0 Å². The largest absolute Gasteiger partial charge is 0.496 e. The van der Waals surface area contributed by atoms with Crippen LogP contribution in [0.25, 0.3) is 21.9 Å². The summed E-state index contributed by atoms with van der Waals surface area (Å²) in [6.07, 6.45) is 0.568. The van der Waals surface area contributed by atoms with Crippen LogP contribution in [0.2, 0.25) is 0 Å². The van der Waals surface area contributed by atoms with E-state index in [0.717, 1.165) is 46.4 Å². The number of amides is 1. The minimum Gasteiger partial charge on any atom is -0.496 e. The van der Waals surface area contributed by atoms with Crippen molar-refractivity contribution >= 4 is 16.7 Å². The number of carbonyl (C=O) groups excluding carboxylic acids is 1. The molecule has 3 atom stereocenters. The van der Waals surface area contributed by atoms with Crippen LogP contribution in [0.4, 0.5) is 0 Å². The summed E-state index contributed by atoms with van der Waals surface area (Å²) in [5, 5.41) is 11.9. The van der Waals surface area contributed by atoms with Crippen LogP contribution in [0, 0.1) is 11.8 Å². The smallest absolute Gasteiger partial charge is 0.253 e. The van der Waals surface area contributed by atoms with E-state index in [0.29, 0.717) is 18.0 Å². The van der Waals surface area contributed by atoms with Gasteiger partial charge in [-0.25, -0.2) is 0 Å². The normalized spacial score (nSPS) is 22.5. The predicted octanol–water partition coefficient (Wildman–Crippen LogP) is 3.98. The third kappa shape index (κ3) is 2.92. The van der Waals surface area contributed by atoms with E-state index >= 15 is 0 Å². The summed E-state index contributed by atoms with van der Waals surface area (Å²) in [6, 6.07) is 17.7. The molecule has 0 aromatic heterocycles. The van der Waals surface area contributed by atoms with Gasteiger partial charge in [-0.05, 0) is 52.9 Å². The third-order valence-corrected chi connectivity index (χ3v) is 6.64. The number of fused-ring (bicyclic) bond motifs is 2. The Balaban J connectivity index is 1.53. The molecule has 0 radical (unpaired) electrons. The lowest BCUT2D eigenvalue weighted by atomic mass is 9.74. The number of rotatable bonds is 4. The summed E-state index contributed by atoms with van der Waals surface area (Å²) in [6.45, 7) is 1.40. The average molecular weight is 403 g/mol. The molecule has 154 valence electrons. The molecule has 3 aromatic rings. The van der Waals surface area contributed by atoms with Crippen LogP contribution in [0.3, 0.4) is 0 Å². The fourth-order valence-corrected chi connectivity index (χ4v) is 4.97. The summed E-state index contributed by atoms with van der Waals surface area (Å²) in [5.41, 5.74) is 2.59. The lowest BCUT2D eigenvalue weighted by molar-refractivity contribution is -0.00427. The molecule has 5 heteroatoms. The third-order valence-electron chi connectivity index (χ3n) is 6.64. The number of carbonyl (C=O) groups is 1. The van der Waals surface area contributed by atoms with Crippen molar-refractivity contribution in [3.63, 3.8) is 0 Å². The molecule has 1 aliphatic carbocycles. The summed E-state index contributed by atoms with van der Waals surface area (Å²) < 4.78 is 11.2. The van der Waals surface area contributed by atoms with Gasteiger partial charge >= 0.3 is 0 Å². The maximum absolute atomic E-state index is 13.1. The van der Waals surface area contributed by atoms with Crippen LogP contribution in [-0.2, 0) is 0 Å². The van der Waals surface area contributed by atoms with Crippen molar-refractivity contribution < 1.29 is 19.4 Å². The summed E-state index contributed by atoms with van der Waals surface area (Å²) in [4.78, 5) is 15.0. The standard InChI is InChI=1S/C25H25NO4/c1-29-22-7-4-8-23(30-2)24(22)19-6-3-5-15-11-16(9-10-18(15)19)25(28)26-13-17-12-21(27)20(17)14-26/h3-11,17,20-21,27H,12-14H2,1-2H3/t17-,20+,21+/m0/s1. The van der Waals surface area contributed by atoms with Crippen molar-refractivity contribution in [2.24, 2.45) is 11.8 Å². The summed E-state index contributed by atoms with van der Waals surface area (Å²) in [5.74, 6) is 2.23. The number of aliphatic hydroxyl groups is 1. The molecular formula is C25H25NO4. The van der Waals surface area contributed by atoms with Crippen molar-refractivity contribution in [1.29, 1.82) is 0 Å². The van der Waals surface area contributed by atoms with Gasteiger partial charge < -0.3 is 19.5 Å². The molecule has 2 aliphatic rings. The van der Waals surface area contributed by atoms with Gasteiger partial charge in [0.2, 0.25) is 0 Å². The molecule has 3 aromatic carbocycles. The van der Waals surface area contributed by atoms with E-state index in [4.69, 9.17) is 9.47 Å². The lowest BCUT2D eigenvalue weighted by Crippen LogP contribution is -2.39. The highest BCUT2D eigenvalue weighted by molar-refractivity contribution is 6.04. The van der Waals surface area contributed by atoms with Gasteiger partial charge in [-0.1, -0.05) is 30.3 Å². The number of nitrogens with zero attached hydrogens (tertiary/aromatic N) is 1. The zero-order valence-corrected chi connectivity index (χ0v) is 17.2. The number of likely N-dealkylation sites (tertiary alicyclic amines) is 1. The first-order valence-corrected chi connectivity index (χ1v) is 10.3. The topological polar surface area (TPSA) is 59.0 Å². The van der Waals surface area contributed by atoms with Crippen LogP contribution in [0.15, 0.2) is 54.6 Å². The molecule has 1 saturated carbocycles. The molecule has 2 fully saturated rings. The predicted molar refractivity (Wildman–Crippen MR) is 116 cm³/mol. The Hall–Kier alpha value is -3.05. The average Bonchev–Trinajstić information content (AvgIpc) is 3.14. The molecule has 5 nitrogen and oxygen atoms in total. The molecule has 1 heterocycles. The Bertz CT molecular complexity index is 1100. The molecule has 0 unspecified atom stereocenters. The molecular weight excluding hydrogens is 378 g/mol. The molecule has 0 spiro atoms. The van der Waals surface area contributed by atoms with E-state index in [-0.39, 0.29) is 17.9 Å². The van der Waals surface area contributed by atoms with Gasteiger partial charge in [0, 0.05) is 24.6 Å². The first-order chi connectivity index (χ1) is 14.6. The van der Waals surface area contributed by atoms with Crippen molar-refractivity contribution in [2.45, 2.75) is 12.5 Å². The highest BCUT2D eigenvalue weighted by Crippen LogP contribution is 2.43. The summed E-state index contributed by atoms with van der Waals surface area (Å²) >= 11 is 0. The van der Waals surface area contributed by atoms with Crippen molar-refractivity contribution in [3.05, 3.63) is 60.2 Å². The van der Waals surface area contributed by atoms with Crippen LogP contribution in [0.1, 0.15) is 16.8 Å². The second kappa shape index (κ2) is 7.33. The van der Waals surface area contributed by atoms with E-state index in [2.05, 4.69) is 0 Å². The number of aliphatic hydroxyl groups excluding tert-OH is 1. The molecule has 1 saturated heterocycles. The highest BCUT2D eigenvalue weighted by atomic mass is 16.5. The maximum Gasteiger partial charge on any atom is 0.253 e. The van der Waals surface area contributed by atoms with E-state index < -0.39 is 0 Å². The van der Waals surface area contributed by atoms with E-state index in [1.807, 2.05) is 59.5 Å². The fourth-order valence-electron chi connectivity index (χ4n) is 4.97. The quantitative estimate of drug-likeness (QED) is 0.716. The second-order valence-corrected chi connectivity index (χ2v) is 8.22. The van der Waals surface area contributed by atoms with E-state index in [1.54, 1.807) is 14.2 Å². The number of methoxy groups -OCH3 is 2. The van der Waals surface area contributed by atoms with Crippen LogP contribution in [0.5, 0.6) is 11.5 Å². The molecule has 30 heavy (non-hydrogen) atoms. The monoisotopic (exact) mass is 403 g/mol. The van der Waals surface area contributed by atoms with Gasteiger partial charge in [-0.15, -0.1) is 0 Å². The number of ether oxygens (including phenoxy) is 2. The van der Waals surface area contributed by atoms with Crippen molar-refractivity contribution in [1.82, 2.24) is 4.90 Å². The van der Waals surface area contributed by atoms with E-state index in [9.17, 15) is 9.90 Å². The van der Waals surface area contributed by atoms with Gasteiger partial charge in [0.1, 0.15) is 11.5 Å². The number of benzene rings is 3. The Morgan fingerprint density at radius 2 is 1.73 bits per heavy atom. The first-order valence-electron chi connectivity index (χ1n) is 10.3. The van der Waals surface area contributed by atoms with Crippen molar-refractivity contribution in [2.75, 3.05) is 27.3 Å². The van der Waals surface area contributed by atoms with Crippen LogP contribution >= 0.6 is 0 Å². The SMILES string of the molecule is COc1cccc(OC)c1-c1cccc2cc(C(=O)N3C[C@@H]4C[C@@H](O)[C@@H]4C3)ccc12. The number of hydrogen-bond acceptors (Lipinski definition) is 4. The maximum atomic E-state index is 13.1. The lowest BCUT2D eigenvalue weighted by Gasteiger charge is -2.34. The Labute approximate surface area is 175 Å². The Morgan fingerprint density at radius 1 is 1.00 bits per heavy atom. The Morgan fingerprint density at radius 3 is 2.40 bits per heavy atom. The van der Waals surface area contributed by atoms with Crippen molar-refractivity contribution in [3.8, 4) is 22.6 Å². The molecule has 1 amide bonds. The summed E-state index contributed by atoms with van der Waals surface area (Å²) in [7, 11) is 3.31. The highest BCUT2D eigenvalue weighted by Gasteiger charge is 2.47. The van der Waals surface area contributed by atoms with Gasteiger partial charge in [0.05, 0.1) is 25.9 Å². The van der Waals surface area contributed by atoms with Gasteiger partial charge in [-0.3, -0.25) is 4.79 Å². The zero-order valence-electron chi connectivity index (χ0n) is 17.2. The number of hydrogen-bond donors (Lipinski definition) is 1. The molecule has 0 bridgehead atoms. The van der Waals surface area contributed by atoms with Gasteiger partial charge in [0.25, 0.3) is 5.91 Å². The fraction of sp³-hybridized carbons (Fsp3) is 0.320. The van der Waals surface area contributed by atoms with Gasteiger partial charge in [-0.2, -0.15) is 0 Å². The minimum absolute atomic E-state index is 0.0405. The molecule has 1 N–H and O–H groups in total. The molecule has 5 rings (SSSR count). The first kappa shape index (κ1) is 18.9. The van der Waals surface area contributed by atoms with Crippen LogP contribution in [-0.4, -0.2) is 49.3 Å². The second-order valence-electron chi connectivity index (χ2n) is 8.22. The Kier molecular flexibility index (Phi) is 4.63. The minimum atomic E-state index is -0.247.